The summed E-state index contributed by atoms with van der Waals surface area (Å²) < 4.78 is 6.60. The fourth-order valence-electron chi connectivity index (χ4n) is 3.56. The van der Waals surface area contributed by atoms with Crippen LogP contribution in [0.5, 0.6) is 0 Å². The van der Waals surface area contributed by atoms with E-state index in [1.54, 1.807) is 0 Å². The normalized spacial score (nSPS) is 19.7. The van der Waals surface area contributed by atoms with Crippen LogP contribution in [0.3, 0.4) is 0 Å². The second kappa shape index (κ2) is 9.04. The van der Waals surface area contributed by atoms with Crippen molar-refractivity contribution >= 4 is 40.1 Å². The van der Waals surface area contributed by atoms with Crippen molar-refractivity contribution in [3.63, 3.8) is 0 Å². The van der Waals surface area contributed by atoms with Crippen LogP contribution in [0.4, 0.5) is 11.6 Å². The van der Waals surface area contributed by atoms with Gasteiger partial charge in [-0.05, 0) is 59.7 Å². The molecule has 1 atom stereocenters. The third-order valence-electron chi connectivity index (χ3n) is 5.18. The van der Waals surface area contributed by atoms with E-state index in [2.05, 4.69) is 43.0 Å². The molecule has 2 aliphatic rings. The van der Waals surface area contributed by atoms with Crippen LogP contribution in [0.25, 0.3) is 0 Å². The third kappa shape index (κ3) is 4.54. The van der Waals surface area contributed by atoms with Crippen molar-refractivity contribution in [1.82, 2.24) is 15.1 Å². The number of amides is 1. The molecule has 1 aromatic carbocycles. The molecular weight excluding hydrogens is 469 g/mol. The zero-order valence-corrected chi connectivity index (χ0v) is 17.8. The molecule has 1 unspecified atom stereocenters. The topological polar surface area (TPSA) is 70.6 Å². The van der Waals surface area contributed by atoms with Gasteiger partial charge in [0.1, 0.15) is 5.82 Å². The predicted molar refractivity (Wildman–Crippen MR) is 117 cm³/mol. The molecule has 2 fully saturated rings. The van der Waals surface area contributed by atoms with E-state index in [4.69, 9.17) is 4.74 Å². The van der Waals surface area contributed by atoms with Crippen LogP contribution in [0.15, 0.2) is 36.4 Å². The van der Waals surface area contributed by atoms with E-state index in [1.165, 1.54) is 0 Å². The van der Waals surface area contributed by atoms with Gasteiger partial charge in [-0.3, -0.25) is 4.79 Å². The predicted octanol–water partition coefficient (Wildman–Crippen LogP) is 2.63. The highest BCUT2D eigenvalue weighted by Crippen LogP contribution is 2.19. The van der Waals surface area contributed by atoms with Crippen LogP contribution < -0.4 is 10.2 Å². The van der Waals surface area contributed by atoms with Crippen molar-refractivity contribution in [2.24, 2.45) is 0 Å². The highest BCUT2D eigenvalue weighted by atomic mass is 127. The molecule has 28 heavy (non-hydrogen) atoms. The van der Waals surface area contributed by atoms with Crippen LogP contribution in [0.2, 0.25) is 0 Å². The minimum Gasteiger partial charge on any atom is -0.376 e. The lowest BCUT2D eigenvalue weighted by Gasteiger charge is -2.35. The summed E-state index contributed by atoms with van der Waals surface area (Å²) in [5, 5.41) is 11.9. The van der Waals surface area contributed by atoms with E-state index in [0.29, 0.717) is 13.1 Å². The maximum absolute atomic E-state index is 12.7. The molecule has 148 valence electrons. The van der Waals surface area contributed by atoms with E-state index in [-0.39, 0.29) is 12.0 Å². The molecular formula is C20H24IN5O2. The first-order chi connectivity index (χ1) is 13.7. The van der Waals surface area contributed by atoms with Gasteiger partial charge in [0, 0.05) is 42.9 Å². The van der Waals surface area contributed by atoms with Crippen molar-refractivity contribution in [3.8, 4) is 0 Å². The average molecular weight is 493 g/mol. The smallest absolute Gasteiger partial charge is 0.255 e. The summed E-state index contributed by atoms with van der Waals surface area (Å²) >= 11 is 2.22. The highest BCUT2D eigenvalue weighted by Gasteiger charge is 2.24. The van der Waals surface area contributed by atoms with Gasteiger partial charge in [-0.25, -0.2) is 0 Å². The molecule has 0 spiro atoms. The van der Waals surface area contributed by atoms with Crippen molar-refractivity contribution in [1.29, 1.82) is 0 Å². The number of ether oxygens (including phenoxy) is 1. The Morgan fingerprint density at radius 3 is 2.64 bits per heavy atom. The van der Waals surface area contributed by atoms with Crippen LogP contribution in [0.1, 0.15) is 23.2 Å². The molecule has 4 rings (SSSR count). The summed E-state index contributed by atoms with van der Waals surface area (Å²) in [6, 6.07) is 11.7. The number of benzene rings is 1. The van der Waals surface area contributed by atoms with Crippen LogP contribution in [-0.2, 0) is 4.74 Å². The molecule has 2 aliphatic heterocycles. The van der Waals surface area contributed by atoms with Gasteiger partial charge in [-0.2, -0.15) is 0 Å². The van der Waals surface area contributed by atoms with Crippen LogP contribution in [0, 0.1) is 3.57 Å². The number of piperazine rings is 1. The zero-order chi connectivity index (χ0) is 19.3. The van der Waals surface area contributed by atoms with Gasteiger partial charge in [-0.15, -0.1) is 10.2 Å². The van der Waals surface area contributed by atoms with Crippen LogP contribution >= 0.6 is 22.6 Å². The lowest BCUT2D eigenvalue weighted by molar-refractivity contribution is 0.0745. The minimum atomic E-state index is 0.101. The Morgan fingerprint density at radius 2 is 1.96 bits per heavy atom. The van der Waals surface area contributed by atoms with Gasteiger partial charge >= 0.3 is 0 Å². The summed E-state index contributed by atoms with van der Waals surface area (Å²) in [6.07, 6.45) is 2.51. The molecule has 3 heterocycles. The van der Waals surface area contributed by atoms with Crippen molar-refractivity contribution in [3.05, 3.63) is 45.5 Å². The van der Waals surface area contributed by atoms with Crippen molar-refractivity contribution < 1.29 is 9.53 Å². The molecule has 2 saturated heterocycles. The maximum atomic E-state index is 12.7. The Balaban J connectivity index is 1.29. The molecule has 0 saturated carbocycles. The summed E-state index contributed by atoms with van der Waals surface area (Å²) in [7, 11) is 0. The summed E-state index contributed by atoms with van der Waals surface area (Å²) in [5.41, 5.74) is 0.776. The van der Waals surface area contributed by atoms with Gasteiger partial charge in [0.15, 0.2) is 5.82 Å². The van der Waals surface area contributed by atoms with Gasteiger partial charge in [0.25, 0.3) is 5.91 Å². The summed E-state index contributed by atoms with van der Waals surface area (Å²) in [6.45, 7) is 4.51. The molecule has 2 aromatic rings. The average Bonchev–Trinajstić information content (AvgIpc) is 3.26. The maximum Gasteiger partial charge on any atom is 0.255 e. The number of carbonyl (C=O) groups is 1. The molecule has 7 nitrogen and oxygen atoms in total. The molecule has 1 N–H and O–H groups in total. The lowest BCUT2D eigenvalue weighted by Crippen LogP contribution is -2.49. The second-order valence-corrected chi connectivity index (χ2v) is 8.21. The van der Waals surface area contributed by atoms with E-state index >= 15 is 0 Å². The molecule has 1 aromatic heterocycles. The third-order valence-corrected chi connectivity index (χ3v) is 6.12. The first-order valence-electron chi connectivity index (χ1n) is 9.68. The van der Waals surface area contributed by atoms with E-state index in [9.17, 15) is 4.79 Å². The number of rotatable bonds is 5. The van der Waals surface area contributed by atoms with Gasteiger partial charge in [-0.1, -0.05) is 12.1 Å². The number of nitrogens with one attached hydrogen (secondary N) is 1. The fourth-order valence-corrected chi connectivity index (χ4v) is 4.17. The number of nitrogens with zero attached hydrogens (tertiary/aromatic N) is 4. The molecule has 0 aliphatic carbocycles. The van der Waals surface area contributed by atoms with E-state index < -0.39 is 0 Å². The number of carbonyl (C=O) groups excluding carboxylic acids is 1. The molecule has 0 bridgehead atoms. The Labute approximate surface area is 178 Å². The van der Waals surface area contributed by atoms with Crippen molar-refractivity contribution in [2.75, 3.05) is 49.5 Å². The second-order valence-electron chi connectivity index (χ2n) is 7.05. The summed E-state index contributed by atoms with van der Waals surface area (Å²) in [5.74, 6) is 1.72. The molecule has 8 heteroatoms. The SMILES string of the molecule is O=C(c1ccccc1I)N1CCN(c2ccc(NCC3CCCO3)nn2)CC1. The first-order valence-corrected chi connectivity index (χ1v) is 10.8. The Bertz CT molecular complexity index is 802. The Morgan fingerprint density at radius 1 is 1.14 bits per heavy atom. The Kier molecular flexibility index (Phi) is 6.26. The largest absolute Gasteiger partial charge is 0.376 e. The van der Waals surface area contributed by atoms with Crippen molar-refractivity contribution in [2.45, 2.75) is 18.9 Å². The first kappa shape index (κ1) is 19.4. The number of aromatic nitrogens is 2. The van der Waals surface area contributed by atoms with Gasteiger partial charge in [0.05, 0.1) is 11.7 Å². The number of halogens is 1. The van der Waals surface area contributed by atoms with Gasteiger partial charge < -0.3 is 19.9 Å². The Hall–Kier alpha value is -1.94. The molecule has 0 radical (unpaired) electrons. The zero-order valence-electron chi connectivity index (χ0n) is 15.7. The fraction of sp³-hybridized carbons (Fsp3) is 0.450. The minimum absolute atomic E-state index is 0.101. The van der Waals surface area contributed by atoms with E-state index in [1.807, 2.05) is 41.3 Å². The number of hydrogen-bond donors (Lipinski definition) is 1. The van der Waals surface area contributed by atoms with E-state index in [0.717, 1.165) is 59.9 Å². The van der Waals surface area contributed by atoms with Crippen LogP contribution in [-0.4, -0.2) is 66.4 Å². The van der Waals surface area contributed by atoms with Gasteiger partial charge in [0.2, 0.25) is 0 Å². The number of anilines is 2. The number of hydrogen-bond acceptors (Lipinski definition) is 6. The summed E-state index contributed by atoms with van der Waals surface area (Å²) in [4.78, 5) is 16.8. The monoisotopic (exact) mass is 493 g/mol. The molecule has 1 amide bonds. The lowest BCUT2D eigenvalue weighted by atomic mass is 10.2. The highest BCUT2D eigenvalue weighted by molar-refractivity contribution is 14.1. The quantitative estimate of drug-likeness (QED) is 0.647. The standard InChI is InChI=1S/C20H24IN5O2/c21-17-6-2-1-5-16(17)20(27)26-11-9-25(10-12-26)19-8-7-18(23-24-19)22-14-15-4-3-13-28-15/h1-2,5-8,15H,3-4,9-14H2,(H,22,23).